The number of nitrogens with two attached hydrogens (primary N) is 3. The Morgan fingerprint density at radius 3 is 2.36 bits per heavy atom. The molecule has 0 aromatic carbocycles. The molecule has 0 spiro atoms. The molecule has 11 heavy (non-hydrogen) atoms. The summed E-state index contributed by atoms with van der Waals surface area (Å²) in [6, 6.07) is 0. The van der Waals surface area contributed by atoms with Gasteiger partial charge in [-0.3, -0.25) is 11.1 Å². The van der Waals surface area contributed by atoms with Gasteiger partial charge >= 0.3 is 5.17 Å². The van der Waals surface area contributed by atoms with Gasteiger partial charge in [-0.2, -0.15) is 0 Å². The fourth-order valence-corrected chi connectivity index (χ4v) is 1.22. The highest BCUT2D eigenvalue weighted by molar-refractivity contribution is 8.93. The first-order valence-corrected chi connectivity index (χ1v) is 3.85. The normalized spacial score (nSPS) is 10.7. The van der Waals surface area contributed by atoms with Gasteiger partial charge in [0.25, 0.3) is 0 Å². The summed E-state index contributed by atoms with van der Waals surface area (Å²) >= 11 is 1.33. The quantitative estimate of drug-likeness (QED) is 0.287. The summed E-state index contributed by atoms with van der Waals surface area (Å²) in [6.07, 6.45) is 2.03. The topological polar surface area (TPSA) is 77.6 Å². The van der Waals surface area contributed by atoms with Gasteiger partial charge < -0.3 is 22.7 Å². The zero-order valence-electron chi connectivity index (χ0n) is 6.42. The van der Waals surface area contributed by atoms with Gasteiger partial charge in [-0.1, -0.05) is 13.3 Å². The van der Waals surface area contributed by atoms with E-state index < -0.39 is 0 Å². The number of halogens is 2. The van der Waals surface area contributed by atoms with Crippen LogP contribution >= 0.6 is 28.7 Å². The smallest absolute Gasteiger partial charge is 0.301 e. The number of hydrogen-bond acceptors (Lipinski definition) is 2. The Hall–Kier alpha value is 0.740. The summed E-state index contributed by atoms with van der Waals surface area (Å²) in [5, 5.41) is 5.63. The second kappa shape index (κ2) is 10.7. The lowest BCUT2D eigenvalue weighted by Gasteiger charge is -2.03. The van der Waals surface area contributed by atoms with Gasteiger partial charge in [0.1, 0.15) is 0 Å². The Balaban J connectivity index is -0.000000320. The van der Waals surface area contributed by atoms with Crippen molar-refractivity contribution < 1.29 is 22.4 Å². The Morgan fingerprint density at radius 2 is 2.09 bits per heavy atom. The third-order valence-corrected chi connectivity index (χ3v) is 1.67. The zero-order chi connectivity index (χ0) is 7.28. The fourth-order valence-electron chi connectivity index (χ4n) is 0.518. The maximum atomic E-state index is 5.57. The van der Waals surface area contributed by atoms with Gasteiger partial charge in [-0.05, 0) is 18.2 Å². The highest BCUT2D eigenvalue weighted by atomic mass is 79.9. The molecule has 0 bridgehead atoms. The van der Waals surface area contributed by atoms with Gasteiger partial charge in [0.2, 0.25) is 0 Å². The SMILES string of the molecule is Br.CCC[C@@H](N)SC(N)=[NH2+].[Br-]. The molecule has 1 atom stereocenters. The van der Waals surface area contributed by atoms with Crippen LogP contribution in [0.15, 0.2) is 0 Å². The van der Waals surface area contributed by atoms with Crippen LogP contribution in [0.2, 0.25) is 0 Å². The van der Waals surface area contributed by atoms with Crippen molar-refractivity contribution in [2.45, 2.75) is 25.1 Å². The lowest BCUT2D eigenvalue weighted by molar-refractivity contribution is -0.110. The molecule has 0 aromatic rings. The lowest BCUT2D eigenvalue weighted by Crippen LogP contribution is -3.00. The maximum absolute atomic E-state index is 5.57. The van der Waals surface area contributed by atoms with E-state index in [9.17, 15) is 0 Å². The van der Waals surface area contributed by atoms with E-state index in [4.69, 9.17) is 16.9 Å². The van der Waals surface area contributed by atoms with E-state index in [1.165, 1.54) is 11.8 Å². The summed E-state index contributed by atoms with van der Waals surface area (Å²) in [7, 11) is 0. The third-order valence-electron chi connectivity index (χ3n) is 0.861. The molecular weight excluding hydrogens is 294 g/mol. The minimum Gasteiger partial charge on any atom is -1.00 e. The molecule has 0 radical (unpaired) electrons. The summed E-state index contributed by atoms with van der Waals surface area (Å²) < 4.78 is 0. The second-order valence-electron chi connectivity index (χ2n) is 1.85. The molecule has 0 aliphatic carbocycles. The Morgan fingerprint density at radius 1 is 1.64 bits per heavy atom. The van der Waals surface area contributed by atoms with E-state index in [-0.39, 0.29) is 39.3 Å². The van der Waals surface area contributed by atoms with E-state index in [0.717, 1.165) is 12.8 Å². The maximum Gasteiger partial charge on any atom is 0.301 e. The predicted molar refractivity (Wildman–Crippen MR) is 51.9 cm³/mol. The largest absolute Gasteiger partial charge is 1.00 e. The predicted octanol–water partition coefficient (Wildman–Crippen LogP) is -3.54. The van der Waals surface area contributed by atoms with Crippen LogP contribution < -0.4 is 33.9 Å². The van der Waals surface area contributed by atoms with Crippen molar-refractivity contribution in [1.29, 1.82) is 0 Å². The van der Waals surface area contributed by atoms with Crippen molar-refractivity contribution in [3.63, 3.8) is 0 Å². The summed E-state index contributed by atoms with van der Waals surface area (Å²) in [5.41, 5.74) is 10.8. The van der Waals surface area contributed by atoms with Crippen LogP contribution in [0.1, 0.15) is 19.8 Å². The first-order chi connectivity index (χ1) is 4.16. The minimum absolute atomic E-state index is 0. The monoisotopic (exact) mass is 307 g/mol. The molecule has 0 saturated heterocycles. The Bertz CT molecular complexity index is 102. The molecule has 0 saturated carbocycles. The molecule has 6 heteroatoms. The van der Waals surface area contributed by atoms with Crippen LogP contribution in [-0.2, 0) is 0 Å². The number of amidine groups is 1. The molecule has 3 nitrogen and oxygen atoms in total. The molecule has 0 aromatic heterocycles. The van der Waals surface area contributed by atoms with Gasteiger partial charge in [0.05, 0.1) is 5.37 Å². The van der Waals surface area contributed by atoms with Crippen molar-refractivity contribution in [2.75, 3.05) is 0 Å². The van der Waals surface area contributed by atoms with Crippen molar-refractivity contribution >= 4 is 33.9 Å². The first kappa shape index (κ1) is 17.7. The van der Waals surface area contributed by atoms with Gasteiger partial charge in [0.15, 0.2) is 0 Å². The van der Waals surface area contributed by atoms with Gasteiger partial charge in [-0.15, -0.1) is 17.0 Å². The summed E-state index contributed by atoms with van der Waals surface area (Å²) in [6.45, 7) is 2.08. The van der Waals surface area contributed by atoms with Crippen LogP contribution in [0.3, 0.4) is 0 Å². The lowest BCUT2D eigenvalue weighted by atomic mass is 10.3. The van der Waals surface area contributed by atoms with Crippen molar-refractivity contribution in [1.82, 2.24) is 0 Å². The van der Waals surface area contributed by atoms with Gasteiger partial charge in [-0.25, -0.2) is 0 Å². The van der Waals surface area contributed by atoms with Crippen molar-refractivity contribution in [3.05, 3.63) is 0 Å². The average Bonchev–Trinajstić information content (AvgIpc) is 1.63. The Kier molecular flexibility index (Phi) is 17.3. The molecule has 6 N–H and O–H groups in total. The first-order valence-electron chi connectivity index (χ1n) is 2.97. The molecule has 0 heterocycles. The summed E-state index contributed by atoms with van der Waals surface area (Å²) in [4.78, 5) is 0. The van der Waals surface area contributed by atoms with E-state index in [2.05, 4.69) is 6.92 Å². The number of thioether (sulfide) groups is 1. The van der Waals surface area contributed by atoms with E-state index >= 15 is 0 Å². The van der Waals surface area contributed by atoms with Crippen molar-refractivity contribution in [3.8, 4) is 0 Å². The molecule has 0 unspecified atom stereocenters. The molecule has 0 amide bonds. The van der Waals surface area contributed by atoms with Crippen LogP contribution in [0, 0.1) is 0 Å². The Labute approximate surface area is 92.7 Å². The van der Waals surface area contributed by atoms with Crippen LogP contribution in [0.4, 0.5) is 0 Å². The third kappa shape index (κ3) is 13.7. The molecule has 0 fully saturated rings. The molecule has 0 rings (SSSR count). The van der Waals surface area contributed by atoms with Crippen LogP contribution in [-0.4, -0.2) is 10.5 Å². The standard InChI is InChI=1S/C5H13N3S.2BrH/c1-2-3-4(6)9-5(7)8;;/h4H,2-3,6H2,1H3,(H3,7,8);2*1H/t4-;;/m0../s1. The summed E-state index contributed by atoms with van der Waals surface area (Å²) in [5.74, 6) is 0. The average molecular weight is 309 g/mol. The zero-order valence-corrected chi connectivity index (χ0v) is 10.5. The highest BCUT2D eigenvalue weighted by Crippen LogP contribution is 2.07. The molecular formula is C5H15Br2N3S. The number of hydrogen-bond donors (Lipinski definition) is 3. The van der Waals surface area contributed by atoms with E-state index in [1.54, 1.807) is 0 Å². The van der Waals surface area contributed by atoms with Crippen LogP contribution in [0.5, 0.6) is 0 Å². The highest BCUT2D eigenvalue weighted by Gasteiger charge is 2.05. The van der Waals surface area contributed by atoms with Crippen LogP contribution in [0.25, 0.3) is 0 Å². The van der Waals surface area contributed by atoms with Gasteiger partial charge in [0, 0.05) is 0 Å². The van der Waals surface area contributed by atoms with Crippen molar-refractivity contribution in [2.24, 2.45) is 11.5 Å². The van der Waals surface area contributed by atoms with E-state index in [1.807, 2.05) is 0 Å². The molecule has 0 aliphatic rings. The molecule has 70 valence electrons. The minimum atomic E-state index is 0. The van der Waals surface area contributed by atoms with E-state index in [0.29, 0.717) is 5.17 Å². The second-order valence-corrected chi connectivity index (χ2v) is 3.16. The fraction of sp³-hybridized carbons (Fsp3) is 0.800. The number of rotatable bonds is 3. The molecule has 0 aliphatic heterocycles.